The Bertz CT molecular complexity index is 562. The minimum absolute atomic E-state index is 0.0457. The van der Waals surface area contributed by atoms with Crippen molar-refractivity contribution < 1.29 is 13.2 Å². The molecule has 2 heterocycles. The zero-order chi connectivity index (χ0) is 14.4. The van der Waals surface area contributed by atoms with Crippen LogP contribution in [0.5, 0.6) is 0 Å². The molecule has 2 fully saturated rings. The second-order valence-electron chi connectivity index (χ2n) is 5.73. The average Bonchev–Trinajstić information content (AvgIpc) is 2.29. The van der Waals surface area contributed by atoms with Crippen LogP contribution in [0.1, 0.15) is 16.7 Å². The molecule has 0 unspecified atom stereocenters. The zero-order valence-electron chi connectivity index (χ0n) is 10.8. The lowest BCUT2D eigenvalue weighted by molar-refractivity contribution is -0.139. The summed E-state index contributed by atoms with van der Waals surface area (Å²) < 4.78 is 39.1. The van der Waals surface area contributed by atoms with Crippen LogP contribution >= 0.6 is 0 Å². The summed E-state index contributed by atoms with van der Waals surface area (Å²) >= 11 is 0. The van der Waals surface area contributed by atoms with Crippen LogP contribution in [-0.2, 0) is 12.7 Å². The molecule has 0 radical (unpaired) electrons. The Balaban J connectivity index is 1.77. The molecule has 1 aromatic rings. The number of likely N-dealkylation sites (tertiary alicyclic amines) is 1. The highest BCUT2D eigenvalue weighted by Crippen LogP contribution is 2.38. The molecule has 0 aromatic heterocycles. The lowest BCUT2D eigenvalue weighted by Crippen LogP contribution is -2.70. The van der Waals surface area contributed by atoms with Gasteiger partial charge in [-0.25, -0.2) is 0 Å². The van der Waals surface area contributed by atoms with E-state index in [9.17, 15) is 13.2 Å². The quantitative estimate of drug-likeness (QED) is 0.901. The fraction of sp³-hybridized carbons (Fsp3) is 0.500. The predicted molar refractivity (Wildman–Crippen MR) is 66.7 cm³/mol. The van der Waals surface area contributed by atoms with Crippen molar-refractivity contribution in [2.24, 2.45) is 5.41 Å². The zero-order valence-corrected chi connectivity index (χ0v) is 10.8. The Morgan fingerprint density at radius 3 is 2.50 bits per heavy atom. The number of benzene rings is 1. The number of rotatable bonds is 2. The SMILES string of the molecule is N#Cc1ccc(CN2CC3(CNC3)C2)c(C(F)(F)F)c1. The number of nitrogens with one attached hydrogen (secondary N) is 1. The van der Waals surface area contributed by atoms with E-state index in [1.807, 2.05) is 4.90 Å². The molecule has 106 valence electrons. The van der Waals surface area contributed by atoms with E-state index in [1.54, 1.807) is 6.07 Å². The number of halogens is 3. The number of hydrogen-bond acceptors (Lipinski definition) is 3. The molecule has 2 aliphatic rings. The molecule has 0 amide bonds. The molecule has 3 nitrogen and oxygen atoms in total. The van der Waals surface area contributed by atoms with Crippen molar-refractivity contribution in [3.8, 4) is 6.07 Å². The molecule has 0 bridgehead atoms. The Labute approximate surface area is 115 Å². The molecule has 1 N–H and O–H groups in total. The summed E-state index contributed by atoms with van der Waals surface area (Å²) in [4.78, 5) is 2.03. The van der Waals surface area contributed by atoms with Gasteiger partial charge < -0.3 is 5.32 Å². The third kappa shape index (κ3) is 2.28. The largest absolute Gasteiger partial charge is 0.416 e. The first-order valence-electron chi connectivity index (χ1n) is 6.45. The standard InChI is InChI=1S/C14H14F3N3/c15-14(16,17)12-3-10(4-18)1-2-11(12)5-20-8-13(9-20)6-19-7-13/h1-3,19H,5-9H2. The molecule has 1 spiro atoms. The first-order chi connectivity index (χ1) is 9.42. The third-order valence-electron chi connectivity index (χ3n) is 4.06. The van der Waals surface area contributed by atoms with Gasteiger partial charge in [-0.1, -0.05) is 6.07 Å². The van der Waals surface area contributed by atoms with E-state index in [2.05, 4.69) is 5.32 Å². The van der Waals surface area contributed by atoms with Crippen molar-refractivity contribution in [1.82, 2.24) is 10.2 Å². The molecule has 2 saturated heterocycles. The summed E-state index contributed by atoms with van der Waals surface area (Å²) in [5.74, 6) is 0. The van der Waals surface area contributed by atoms with Gasteiger partial charge in [0.2, 0.25) is 0 Å². The van der Waals surface area contributed by atoms with Crippen molar-refractivity contribution in [3.63, 3.8) is 0 Å². The lowest BCUT2D eigenvalue weighted by atomic mass is 9.74. The van der Waals surface area contributed by atoms with Crippen molar-refractivity contribution in [1.29, 1.82) is 5.26 Å². The van der Waals surface area contributed by atoms with Crippen molar-refractivity contribution in [2.45, 2.75) is 12.7 Å². The van der Waals surface area contributed by atoms with Gasteiger partial charge in [0.1, 0.15) is 0 Å². The van der Waals surface area contributed by atoms with Gasteiger partial charge in [-0.2, -0.15) is 18.4 Å². The smallest absolute Gasteiger partial charge is 0.315 e. The number of nitriles is 1. The molecule has 2 aliphatic heterocycles. The molecule has 6 heteroatoms. The van der Waals surface area contributed by atoms with Crippen molar-refractivity contribution in [3.05, 3.63) is 34.9 Å². The first kappa shape index (κ1) is 13.4. The van der Waals surface area contributed by atoms with Crippen LogP contribution in [0.25, 0.3) is 0 Å². The maximum absolute atomic E-state index is 13.0. The van der Waals surface area contributed by atoms with Crippen LogP contribution in [0.3, 0.4) is 0 Å². The van der Waals surface area contributed by atoms with Crippen molar-refractivity contribution in [2.75, 3.05) is 26.2 Å². The van der Waals surface area contributed by atoms with E-state index >= 15 is 0 Å². The normalized spacial score (nSPS) is 21.1. The predicted octanol–water partition coefficient (Wildman–Crippen LogP) is 1.98. The van der Waals surface area contributed by atoms with E-state index < -0.39 is 11.7 Å². The second kappa shape index (κ2) is 4.47. The van der Waals surface area contributed by atoms with Crippen molar-refractivity contribution >= 4 is 0 Å². The van der Waals surface area contributed by atoms with Gasteiger partial charge in [0.25, 0.3) is 0 Å². The Kier molecular flexibility index (Phi) is 3.00. The number of alkyl halides is 3. The fourth-order valence-electron chi connectivity index (χ4n) is 3.01. The van der Waals surface area contributed by atoms with E-state index in [4.69, 9.17) is 5.26 Å². The number of hydrogen-bond donors (Lipinski definition) is 1. The van der Waals surface area contributed by atoms with E-state index in [1.165, 1.54) is 12.1 Å². The Morgan fingerprint density at radius 1 is 1.30 bits per heavy atom. The van der Waals surface area contributed by atoms with Crippen LogP contribution in [0.4, 0.5) is 13.2 Å². The summed E-state index contributed by atoms with van der Waals surface area (Å²) in [5.41, 5.74) is -0.0995. The monoisotopic (exact) mass is 281 g/mol. The Morgan fingerprint density at radius 2 is 2.00 bits per heavy atom. The van der Waals surface area contributed by atoms with Gasteiger partial charge >= 0.3 is 6.18 Å². The maximum atomic E-state index is 13.0. The third-order valence-corrected chi connectivity index (χ3v) is 4.06. The minimum Gasteiger partial charge on any atom is -0.315 e. The highest BCUT2D eigenvalue weighted by atomic mass is 19.4. The first-order valence-corrected chi connectivity index (χ1v) is 6.45. The van der Waals surface area contributed by atoms with Crippen LogP contribution in [0.2, 0.25) is 0 Å². The van der Waals surface area contributed by atoms with Crippen LogP contribution < -0.4 is 5.32 Å². The topological polar surface area (TPSA) is 39.1 Å². The summed E-state index contributed by atoms with van der Waals surface area (Å²) in [7, 11) is 0. The lowest BCUT2D eigenvalue weighted by Gasteiger charge is -2.56. The number of nitrogens with zero attached hydrogens (tertiary/aromatic N) is 2. The molecule has 1 aromatic carbocycles. The van der Waals surface area contributed by atoms with Gasteiger partial charge in [0.05, 0.1) is 17.2 Å². The van der Waals surface area contributed by atoms with Gasteiger partial charge in [-0.15, -0.1) is 0 Å². The molecular formula is C14H14F3N3. The summed E-state index contributed by atoms with van der Waals surface area (Å²) in [6.45, 7) is 3.91. The Hall–Kier alpha value is -1.58. The maximum Gasteiger partial charge on any atom is 0.416 e. The van der Waals surface area contributed by atoms with Gasteiger partial charge in [-0.3, -0.25) is 4.90 Å². The molecule has 20 heavy (non-hydrogen) atoms. The van der Waals surface area contributed by atoms with Gasteiger partial charge in [-0.05, 0) is 17.7 Å². The van der Waals surface area contributed by atoms with E-state index in [-0.39, 0.29) is 11.1 Å². The molecule has 0 saturated carbocycles. The van der Waals surface area contributed by atoms with Gasteiger partial charge in [0, 0.05) is 38.1 Å². The molecular weight excluding hydrogens is 267 g/mol. The highest BCUT2D eigenvalue weighted by Gasteiger charge is 2.47. The second-order valence-corrected chi connectivity index (χ2v) is 5.73. The molecule has 3 rings (SSSR count). The molecule has 0 aliphatic carbocycles. The van der Waals surface area contributed by atoms with Gasteiger partial charge in [0.15, 0.2) is 0 Å². The molecule has 0 atom stereocenters. The minimum atomic E-state index is -4.41. The van der Waals surface area contributed by atoms with Crippen LogP contribution in [0.15, 0.2) is 18.2 Å². The average molecular weight is 281 g/mol. The van der Waals surface area contributed by atoms with E-state index in [0.29, 0.717) is 12.0 Å². The van der Waals surface area contributed by atoms with Crippen LogP contribution in [0, 0.1) is 16.7 Å². The van der Waals surface area contributed by atoms with Crippen LogP contribution in [-0.4, -0.2) is 31.1 Å². The summed E-state index contributed by atoms with van der Waals surface area (Å²) in [6.07, 6.45) is -4.41. The highest BCUT2D eigenvalue weighted by molar-refractivity contribution is 5.40. The summed E-state index contributed by atoms with van der Waals surface area (Å²) in [5, 5.41) is 11.9. The van der Waals surface area contributed by atoms with E-state index in [0.717, 1.165) is 32.2 Å². The fourth-order valence-corrected chi connectivity index (χ4v) is 3.01. The summed E-state index contributed by atoms with van der Waals surface area (Å²) in [6, 6.07) is 5.57.